The molecule has 1 nitrogen and oxygen atoms in total. The van der Waals surface area contributed by atoms with E-state index in [-0.39, 0.29) is 5.38 Å². The van der Waals surface area contributed by atoms with Gasteiger partial charge in [0, 0.05) is 5.56 Å². The van der Waals surface area contributed by atoms with Gasteiger partial charge in [-0.3, -0.25) is 0 Å². The molecule has 0 aliphatic heterocycles. The highest BCUT2D eigenvalue weighted by molar-refractivity contribution is 6.21. The van der Waals surface area contributed by atoms with E-state index in [2.05, 4.69) is 31.2 Å². The zero-order valence-corrected chi connectivity index (χ0v) is 12.2. The largest absolute Gasteiger partial charge is 0.494 e. The second-order valence-corrected chi connectivity index (χ2v) is 5.16. The molecular weight excluding hydrogens is 256 g/mol. The van der Waals surface area contributed by atoms with Crippen LogP contribution in [0.15, 0.2) is 48.5 Å². The summed E-state index contributed by atoms with van der Waals surface area (Å²) in [5, 5.41) is -0.0659. The summed E-state index contributed by atoms with van der Waals surface area (Å²) < 4.78 is 5.67. The maximum atomic E-state index is 6.57. The molecule has 0 radical (unpaired) electrons. The van der Waals surface area contributed by atoms with Crippen molar-refractivity contribution in [3.8, 4) is 5.75 Å². The number of aryl methyl sites for hydroxylation is 1. The van der Waals surface area contributed by atoms with E-state index in [4.69, 9.17) is 16.3 Å². The summed E-state index contributed by atoms with van der Waals surface area (Å²) in [4.78, 5) is 0. The van der Waals surface area contributed by atoms with Crippen LogP contribution in [0.5, 0.6) is 5.75 Å². The Morgan fingerprint density at radius 3 is 2.53 bits per heavy atom. The Kier molecular flexibility index (Phi) is 4.86. The number of halogens is 1. The van der Waals surface area contributed by atoms with Crippen LogP contribution in [0, 0.1) is 6.92 Å². The number of alkyl halides is 1. The van der Waals surface area contributed by atoms with Crippen molar-refractivity contribution in [1.29, 1.82) is 0 Å². The highest BCUT2D eigenvalue weighted by Crippen LogP contribution is 2.33. The molecular formula is C17H19ClO. The monoisotopic (exact) mass is 274 g/mol. The summed E-state index contributed by atoms with van der Waals surface area (Å²) in [6, 6.07) is 16.5. The molecule has 0 fully saturated rings. The van der Waals surface area contributed by atoms with Crippen molar-refractivity contribution in [3.05, 3.63) is 65.2 Å². The maximum Gasteiger partial charge on any atom is 0.123 e. The first kappa shape index (κ1) is 14.0. The number of rotatable bonds is 5. The zero-order valence-electron chi connectivity index (χ0n) is 11.4. The topological polar surface area (TPSA) is 9.23 Å². The van der Waals surface area contributed by atoms with Crippen LogP contribution in [-0.4, -0.2) is 6.61 Å². The summed E-state index contributed by atoms with van der Waals surface area (Å²) in [6.07, 6.45) is 0.811. The standard InChI is InChI=1S/C17H19ClO/c1-3-19-17-10-9-13(2)11-15(17)16(18)12-14-7-5-4-6-8-14/h4-11,16H,3,12H2,1-2H3. The van der Waals surface area contributed by atoms with Gasteiger partial charge in [0.05, 0.1) is 12.0 Å². The third-order valence-electron chi connectivity index (χ3n) is 3.06. The molecule has 2 rings (SSSR count). The van der Waals surface area contributed by atoms with Gasteiger partial charge < -0.3 is 4.74 Å². The molecule has 0 spiro atoms. The minimum absolute atomic E-state index is 0.0659. The van der Waals surface area contributed by atoms with Crippen LogP contribution in [0.1, 0.15) is 29.0 Å². The summed E-state index contributed by atoms with van der Waals surface area (Å²) >= 11 is 6.57. The second kappa shape index (κ2) is 6.63. The van der Waals surface area contributed by atoms with Gasteiger partial charge in [0.25, 0.3) is 0 Å². The van der Waals surface area contributed by atoms with E-state index in [1.165, 1.54) is 11.1 Å². The molecule has 0 aliphatic rings. The van der Waals surface area contributed by atoms with Crippen LogP contribution in [-0.2, 0) is 6.42 Å². The maximum absolute atomic E-state index is 6.57. The van der Waals surface area contributed by atoms with Gasteiger partial charge in [0.1, 0.15) is 5.75 Å². The molecule has 1 unspecified atom stereocenters. The SMILES string of the molecule is CCOc1ccc(C)cc1C(Cl)Cc1ccccc1. The molecule has 2 aromatic carbocycles. The molecule has 2 aromatic rings. The molecule has 0 heterocycles. The first-order valence-corrected chi connectivity index (χ1v) is 7.05. The van der Waals surface area contributed by atoms with Crippen LogP contribution >= 0.6 is 11.6 Å². The van der Waals surface area contributed by atoms with Crippen molar-refractivity contribution in [2.45, 2.75) is 25.6 Å². The van der Waals surface area contributed by atoms with E-state index in [1.54, 1.807) is 0 Å². The van der Waals surface area contributed by atoms with Crippen LogP contribution in [0.25, 0.3) is 0 Å². The molecule has 100 valence electrons. The Bertz CT molecular complexity index is 522. The van der Waals surface area contributed by atoms with Crippen molar-refractivity contribution >= 4 is 11.6 Å². The predicted molar refractivity (Wildman–Crippen MR) is 81.1 cm³/mol. The molecule has 0 saturated carbocycles. The van der Waals surface area contributed by atoms with Gasteiger partial charge in [-0.2, -0.15) is 0 Å². The number of hydrogen-bond donors (Lipinski definition) is 0. The molecule has 0 saturated heterocycles. The number of benzene rings is 2. The van der Waals surface area contributed by atoms with Crippen molar-refractivity contribution in [2.75, 3.05) is 6.61 Å². The first-order chi connectivity index (χ1) is 9.20. The quantitative estimate of drug-likeness (QED) is 0.704. The van der Waals surface area contributed by atoms with Gasteiger partial charge in [-0.25, -0.2) is 0 Å². The first-order valence-electron chi connectivity index (χ1n) is 6.62. The van der Waals surface area contributed by atoms with Crippen LogP contribution < -0.4 is 4.74 Å². The van der Waals surface area contributed by atoms with Crippen LogP contribution in [0.2, 0.25) is 0 Å². The Labute approximate surface area is 120 Å². The average molecular weight is 275 g/mol. The lowest BCUT2D eigenvalue weighted by Crippen LogP contribution is -2.02. The van der Waals surface area contributed by atoms with Crippen LogP contribution in [0.3, 0.4) is 0 Å². The van der Waals surface area contributed by atoms with Crippen LogP contribution in [0.4, 0.5) is 0 Å². The third kappa shape index (κ3) is 3.74. The second-order valence-electron chi connectivity index (χ2n) is 4.63. The summed E-state index contributed by atoms with van der Waals surface area (Å²) in [6.45, 7) is 4.72. The van der Waals surface area contributed by atoms with E-state index in [9.17, 15) is 0 Å². The van der Waals surface area contributed by atoms with Gasteiger partial charge in [-0.05, 0) is 31.9 Å². The molecule has 19 heavy (non-hydrogen) atoms. The fourth-order valence-corrected chi connectivity index (χ4v) is 2.48. The van der Waals surface area contributed by atoms with E-state index in [0.717, 1.165) is 17.7 Å². The third-order valence-corrected chi connectivity index (χ3v) is 3.45. The van der Waals surface area contributed by atoms with Gasteiger partial charge in [-0.1, -0.05) is 48.0 Å². The molecule has 0 N–H and O–H groups in total. The number of ether oxygens (including phenoxy) is 1. The normalized spacial score (nSPS) is 12.2. The lowest BCUT2D eigenvalue weighted by molar-refractivity contribution is 0.336. The van der Waals surface area contributed by atoms with Crippen molar-refractivity contribution < 1.29 is 4.74 Å². The highest BCUT2D eigenvalue weighted by Gasteiger charge is 2.14. The number of hydrogen-bond acceptors (Lipinski definition) is 1. The smallest absolute Gasteiger partial charge is 0.123 e. The molecule has 2 heteroatoms. The summed E-state index contributed by atoms with van der Waals surface area (Å²) in [5.74, 6) is 0.893. The molecule has 0 aromatic heterocycles. The Hall–Kier alpha value is -1.47. The Balaban J connectivity index is 2.22. The minimum Gasteiger partial charge on any atom is -0.494 e. The zero-order chi connectivity index (χ0) is 13.7. The molecule has 1 atom stereocenters. The summed E-state index contributed by atoms with van der Waals surface area (Å²) in [7, 11) is 0. The molecule has 0 amide bonds. The van der Waals surface area contributed by atoms with E-state index < -0.39 is 0 Å². The summed E-state index contributed by atoms with van der Waals surface area (Å²) in [5.41, 5.74) is 3.52. The molecule has 0 aliphatic carbocycles. The van der Waals surface area contributed by atoms with Gasteiger partial charge in [-0.15, -0.1) is 11.6 Å². The van der Waals surface area contributed by atoms with Gasteiger partial charge in [0.15, 0.2) is 0 Å². The Morgan fingerprint density at radius 1 is 1.11 bits per heavy atom. The minimum atomic E-state index is -0.0659. The average Bonchev–Trinajstić information content (AvgIpc) is 2.42. The lowest BCUT2D eigenvalue weighted by atomic mass is 10.0. The van der Waals surface area contributed by atoms with Crippen molar-refractivity contribution in [1.82, 2.24) is 0 Å². The Morgan fingerprint density at radius 2 is 1.84 bits per heavy atom. The fourth-order valence-electron chi connectivity index (χ4n) is 2.13. The fraction of sp³-hybridized carbons (Fsp3) is 0.294. The van der Waals surface area contributed by atoms with Gasteiger partial charge in [0.2, 0.25) is 0 Å². The van der Waals surface area contributed by atoms with E-state index in [0.29, 0.717) is 6.61 Å². The molecule has 0 bridgehead atoms. The van der Waals surface area contributed by atoms with Gasteiger partial charge >= 0.3 is 0 Å². The highest BCUT2D eigenvalue weighted by atomic mass is 35.5. The predicted octanol–water partition coefficient (Wildman–Crippen LogP) is 4.92. The van der Waals surface area contributed by atoms with Crippen molar-refractivity contribution in [2.24, 2.45) is 0 Å². The lowest BCUT2D eigenvalue weighted by Gasteiger charge is -2.16. The van der Waals surface area contributed by atoms with E-state index in [1.807, 2.05) is 31.2 Å². The van der Waals surface area contributed by atoms with Crippen molar-refractivity contribution in [3.63, 3.8) is 0 Å². The van der Waals surface area contributed by atoms with E-state index >= 15 is 0 Å².